The average Bonchev–Trinajstić information content (AvgIpc) is 2.47. The first kappa shape index (κ1) is 14.8. The van der Waals surface area contributed by atoms with Crippen molar-refractivity contribution >= 4 is 29.2 Å². The second-order valence-corrected chi connectivity index (χ2v) is 4.99. The number of nitrogens with zero attached hydrogens (tertiary/aromatic N) is 1. The van der Waals surface area contributed by atoms with E-state index in [1.165, 1.54) is 17.8 Å². The van der Waals surface area contributed by atoms with E-state index in [1.807, 2.05) is 30.3 Å². The van der Waals surface area contributed by atoms with Gasteiger partial charge < -0.3 is 4.74 Å². The molecule has 0 aliphatic rings. The molecular formula is C15H13Cl2NO2. The quantitative estimate of drug-likeness (QED) is 0.472. The number of carbonyl (C=O) groups excluding carboxylic acids is 1. The van der Waals surface area contributed by atoms with Gasteiger partial charge >= 0.3 is 5.97 Å². The lowest BCUT2D eigenvalue weighted by Crippen LogP contribution is -2.07. The molecule has 0 unspecified atom stereocenters. The molecule has 2 rings (SSSR count). The Kier molecular flexibility index (Phi) is 5.39. The molecule has 2 aromatic rings. The van der Waals surface area contributed by atoms with Gasteiger partial charge in [-0.1, -0.05) is 53.5 Å². The van der Waals surface area contributed by atoms with Crippen LogP contribution in [0.4, 0.5) is 0 Å². The van der Waals surface area contributed by atoms with Crippen LogP contribution in [0.25, 0.3) is 0 Å². The molecule has 1 aromatic heterocycles. The lowest BCUT2D eigenvalue weighted by molar-refractivity contribution is 0.0500. The minimum atomic E-state index is -0.441. The number of hydrogen-bond donors (Lipinski definition) is 0. The van der Waals surface area contributed by atoms with Crippen LogP contribution in [0.2, 0.25) is 10.2 Å². The topological polar surface area (TPSA) is 39.2 Å². The van der Waals surface area contributed by atoms with Gasteiger partial charge in [-0.15, -0.1) is 0 Å². The van der Waals surface area contributed by atoms with Crippen LogP contribution in [0.1, 0.15) is 22.3 Å². The van der Waals surface area contributed by atoms with Crippen molar-refractivity contribution < 1.29 is 9.53 Å². The smallest absolute Gasteiger partial charge is 0.339 e. The molecule has 0 aliphatic carbocycles. The predicted molar refractivity (Wildman–Crippen MR) is 79.3 cm³/mol. The number of pyridine rings is 1. The molecule has 0 bridgehead atoms. The van der Waals surface area contributed by atoms with Crippen molar-refractivity contribution in [3.05, 3.63) is 63.9 Å². The van der Waals surface area contributed by atoms with Crippen molar-refractivity contribution in [3.63, 3.8) is 0 Å². The predicted octanol–water partition coefficient (Wildman–Crippen LogP) is 4.18. The number of halogens is 2. The van der Waals surface area contributed by atoms with Crippen LogP contribution >= 0.6 is 23.2 Å². The second-order valence-electron chi connectivity index (χ2n) is 4.22. The Hall–Kier alpha value is -1.58. The third kappa shape index (κ3) is 4.22. The number of ether oxygens (including phenoxy) is 1. The van der Waals surface area contributed by atoms with Crippen LogP contribution in [-0.4, -0.2) is 17.6 Å². The highest BCUT2D eigenvalue weighted by Crippen LogP contribution is 2.20. The van der Waals surface area contributed by atoms with Gasteiger partial charge in [0.25, 0.3) is 0 Å². The third-order valence-electron chi connectivity index (χ3n) is 2.72. The van der Waals surface area contributed by atoms with Crippen LogP contribution in [0, 0.1) is 0 Å². The normalized spacial score (nSPS) is 10.3. The summed E-state index contributed by atoms with van der Waals surface area (Å²) < 4.78 is 5.16. The molecule has 0 aliphatic heterocycles. The van der Waals surface area contributed by atoms with E-state index >= 15 is 0 Å². The van der Waals surface area contributed by atoms with E-state index in [0.717, 1.165) is 12.8 Å². The monoisotopic (exact) mass is 309 g/mol. The van der Waals surface area contributed by atoms with Crippen LogP contribution < -0.4 is 0 Å². The molecular weight excluding hydrogens is 297 g/mol. The molecule has 0 saturated carbocycles. The van der Waals surface area contributed by atoms with Crippen molar-refractivity contribution in [1.82, 2.24) is 4.98 Å². The first-order valence-electron chi connectivity index (χ1n) is 6.19. The van der Waals surface area contributed by atoms with Crippen molar-refractivity contribution in [3.8, 4) is 0 Å². The standard InChI is InChI=1S/C15H13Cl2NO2/c16-13-9-12(10-18-14(13)17)15(19)20-8-4-7-11-5-2-1-3-6-11/h1-3,5-6,9-10H,4,7-8H2. The summed E-state index contributed by atoms with van der Waals surface area (Å²) in [7, 11) is 0. The summed E-state index contributed by atoms with van der Waals surface area (Å²) in [6.45, 7) is 0.355. The zero-order chi connectivity index (χ0) is 14.4. The van der Waals surface area contributed by atoms with Crippen molar-refractivity contribution in [2.75, 3.05) is 6.61 Å². The van der Waals surface area contributed by atoms with Gasteiger partial charge in [0.05, 0.1) is 17.2 Å². The van der Waals surface area contributed by atoms with Gasteiger partial charge in [-0.3, -0.25) is 0 Å². The molecule has 0 fully saturated rings. The highest BCUT2D eigenvalue weighted by Gasteiger charge is 2.10. The average molecular weight is 310 g/mol. The summed E-state index contributed by atoms with van der Waals surface area (Å²) in [6, 6.07) is 11.5. The van der Waals surface area contributed by atoms with Gasteiger partial charge in [0.15, 0.2) is 0 Å². The molecule has 0 amide bonds. The molecule has 1 aromatic carbocycles. The first-order valence-corrected chi connectivity index (χ1v) is 6.94. The minimum absolute atomic E-state index is 0.173. The molecule has 0 atom stereocenters. The maximum absolute atomic E-state index is 11.8. The highest BCUT2D eigenvalue weighted by atomic mass is 35.5. The molecule has 0 radical (unpaired) electrons. The van der Waals surface area contributed by atoms with Gasteiger partial charge in [-0.05, 0) is 24.5 Å². The van der Waals surface area contributed by atoms with Crippen LogP contribution in [0.5, 0.6) is 0 Å². The van der Waals surface area contributed by atoms with Gasteiger partial charge in [0, 0.05) is 6.20 Å². The maximum atomic E-state index is 11.8. The number of esters is 1. The molecule has 104 valence electrons. The molecule has 1 heterocycles. The van der Waals surface area contributed by atoms with E-state index in [9.17, 15) is 4.79 Å². The van der Waals surface area contributed by atoms with Gasteiger partial charge in [-0.2, -0.15) is 0 Å². The molecule has 0 spiro atoms. The Balaban J connectivity index is 1.79. The Morgan fingerprint density at radius 2 is 1.95 bits per heavy atom. The third-order valence-corrected chi connectivity index (χ3v) is 3.40. The molecule has 0 saturated heterocycles. The zero-order valence-electron chi connectivity index (χ0n) is 10.7. The van der Waals surface area contributed by atoms with Crippen molar-refractivity contribution in [2.24, 2.45) is 0 Å². The number of rotatable bonds is 5. The molecule has 3 nitrogen and oxygen atoms in total. The number of aromatic nitrogens is 1. The van der Waals surface area contributed by atoms with Gasteiger partial charge in [-0.25, -0.2) is 9.78 Å². The Morgan fingerprint density at radius 1 is 1.20 bits per heavy atom. The van der Waals surface area contributed by atoms with Crippen molar-refractivity contribution in [1.29, 1.82) is 0 Å². The van der Waals surface area contributed by atoms with E-state index in [2.05, 4.69) is 4.98 Å². The van der Waals surface area contributed by atoms with E-state index < -0.39 is 5.97 Å². The fourth-order valence-electron chi connectivity index (χ4n) is 1.70. The first-order chi connectivity index (χ1) is 9.66. The van der Waals surface area contributed by atoms with E-state index in [0.29, 0.717) is 12.2 Å². The SMILES string of the molecule is O=C(OCCCc1ccccc1)c1cnc(Cl)c(Cl)c1. The maximum Gasteiger partial charge on any atom is 0.339 e. The molecule has 0 N–H and O–H groups in total. The van der Waals surface area contributed by atoms with E-state index in [1.54, 1.807) is 0 Å². The summed E-state index contributed by atoms with van der Waals surface area (Å²) in [6.07, 6.45) is 2.99. The summed E-state index contributed by atoms with van der Waals surface area (Å²) in [5.74, 6) is -0.441. The fourth-order valence-corrected chi connectivity index (χ4v) is 1.97. The lowest BCUT2D eigenvalue weighted by Gasteiger charge is -2.05. The summed E-state index contributed by atoms with van der Waals surface area (Å²) in [4.78, 5) is 15.6. The lowest BCUT2D eigenvalue weighted by atomic mass is 10.1. The number of benzene rings is 1. The fraction of sp³-hybridized carbons (Fsp3) is 0.200. The Labute approximate surface area is 127 Å². The molecule has 20 heavy (non-hydrogen) atoms. The highest BCUT2D eigenvalue weighted by molar-refractivity contribution is 6.41. The van der Waals surface area contributed by atoms with E-state index in [4.69, 9.17) is 27.9 Å². The van der Waals surface area contributed by atoms with E-state index in [-0.39, 0.29) is 10.2 Å². The number of aryl methyl sites for hydroxylation is 1. The number of hydrogen-bond acceptors (Lipinski definition) is 3. The van der Waals surface area contributed by atoms with Crippen LogP contribution in [0.3, 0.4) is 0 Å². The van der Waals surface area contributed by atoms with Crippen LogP contribution in [0.15, 0.2) is 42.6 Å². The summed E-state index contributed by atoms with van der Waals surface area (Å²) in [5, 5.41) is 0.415. The Morgan fingerprint density at radius 3 is 2.65 bits per heavy atom. The van der Waals surface area contributed by atoms with Gasteiger partial charge in [0.1, 0.15) is 5.15 Å². The van der Waals surface area contributed by atoms with Crippen LogP contribution in [-0.2, 0) is 11.2 Å². The number of carbonyl (C=O) groups is 1. The summed E-state index contributed by atoms with van der Waals surface area (Å²) >= 11 is 11.5. The molecule has 5 heteroatoms. The van der Waals surface area contributed by atoms with Gasteiger partial charge in [0.2, 0.25) is 0 Å². The largest absolute Gasteiger partial charge is 0.462 e. The summed E-state index contributed by atoms with van der Waals surface area (Å²) in [5.41, 5.74) is 1.53. The second kappa shape index (κ2) is 7.27. The minimum Gasteiger partial charge on any atom is -0.462 e. The van der Waals surface area contributed by atoms with Crippen molar-refractivity contribution in [2.45, 2.75) is 12.8 Å². The zero-order valence-corrected chi connectivity index (χ0v) is 12.2. The Bertz CT molecular complexity index is 588.